The normalized spacial score (nSPS) is 16.5. The van der Waals surface area contributed by atoms with Crippen molar-refractivity contribution in [3.63, 3.8) is 0 Å². The Morgan fingerprint density at radius 3 is 2.86 bits per heavy atom. The summed E-state index contributed by atoms with van der Waals surface area (Å²) in [7, 11) is 0. The number of hydrogen-bond donors (Lipinski definition) is 2. The third-order valence-electron chi connectivity index (χ3n) is 5.32. The molecular formula is C21H22N2O5. The maximum atomic E-state index is 12.3. The summed E-state index contributed by atoms with van der Waals surface area (Å²) in [6, 6.07) is 7.46. The average Bonchev–Trinajstić information content (AvgIpc) is 3.21. The van der Waals surface area contributed by atoms with E-state index < -0.39 is 18.5 Å². The first kappa shape index (κ1) is 18.2. The van der Waals surface area contributed by atoms with Gasteiger partial charge in [-0.15, -0.1) is 0 Å². The maximum Gasteiger partial charge on any atom is 0.341 e. The molecule has 1 amide bonds. The van der Waals surface area contributed by atoms with Gasteiger partial charge < -0.3 is 24.6 Å². The van der Waals surface area contributed by atoms with Crippen LogP contribution in [0, 0.1) is 0 Å². The first-order chi connectivity index (χ1) is 13.6. The average molecular weight is 382 g/mol. The molecule has 1 aromatic carbocycles. The van der Waals surface area contributed by atoms with Crippen LogP contribution in [0.5, 0.6) is 5.75 Å². The van der Waals surface area contributed by atoms with Gasteiger partial charge in [-0.05, 0) is 43.0 Å². The van der Waals surface area contributed by atoms with Crippen molar-refractivity contribution in [2.24, 2.45) is 5.73 Å². The fourth-order valence-corrected chi connectivity index (χ4v) is 4.17. The number of furan rings is 1. The van der Waals surface area contributed by atoms with Gasteiger partial charge in [0, 0.05) is 16.6 Å². The van der Waals surface area contributed by atoms with Gasteiger partial charge in [-0.3, -0.25) is 4.79 Å². The van der Waals surface area contributed by atoms with Crippen molar-refractivity contribution in [3.05, 3.63) is 53.6 Å². The van der Waals surface area contributed by atoms with Gasteiger partial charge in [0.05, 0.1) is 30.5 Å². The van der Waals surface area contributed by atoms with Crippen molar-refractivity contribution >= 4 is 22.8 Å². The van der Waals surface area contributed by atoms with E-state index in [-0.39, 0.29) is 5.91 Å². The van der Waals surface area contributed by atoms with Crippen LogP contribution in [0.25, 0.3) is 10.9 Å². The van der Waals surface area contributed by atoms with Crippen molar-refractivity contribution < 1.29 is 23.8 Å². The van der Waals surface area contributed by atoms with E-state index in [4.69, 9.17) is 20.0 Å². The van der Waals surface area contributed by atoms with Crippen LogP contribution < -0.4 is 10.5 Å². The summed E-state index contributed by atoms with van der Waals surface area (Å²) in [5, 5.41) is 9.82. The second-order valence-electron chi connectivity index (χ2n) is 7.11. The maximum absolute atomic E-state index is 12.3. The third-order valence-corrected chi connectivity index (χ3v) is 5.32. The summed E-state index contributed by atoms with van der Waals surface area (Å²) >= 11 is 0. The number of rotatable bonds is 6. The number of carboxylic acid groups (broad SMARTS) is 1. The Labute approximate surface area is 161 Å². The highest BCUT2D eigenvalue weighted by atomic mass is 16.5. The zero-order valence-electron chi connectivity index (χ0n) is 15.4. The van der Waals surface area contributed by atoms with Crippen LogP contribution >= 0.6 is 0 Å². The van der Waals surface area contributed by atoms with Crippen molar-refractivity contribution in [1.82, 2.24) is 4.57 Å². The molecule has 4 rings (SSSR count). The Morgan fingerprint density at radius 1 is 1.29 bits per heavy atom. The fraction of sp³-hybridized carbons (Fsp3) is 0.333. The molecule has 0 fully saturated rings. The predicted octanol–water partition coefficient (Wildman–Crippen LogP) is 3.04. The summed E-state index contributed by atoms with van der Waals surface area (Å²) in [5.41, 5.74) is 9.62. The number of carbonyl (C=O) groups is 2. The molecular weight excluding hydrogens is 360 g/mol. The van der Waals surface area contributed by atoms with Crippen molar-refractivity contribution in [1.29, 1.82) is 0 Å². The lowest BCUT2D eigenvalue weighted by Crippen LogP contribution is -2.21. The summed E-state index contributed by atoms with van der Waals surface area (Å²) in [6.45, 7) is 0.151. The Morgan fingerprint density at radius 2 is 2.14 bits per heavy atom. The predicted molar refractivity (Wildman–Crippen MR) is 102 cm³/mol. The topological polar surface area (TPSA) is 108 Å². The first-order valence-corrected chi connectivity index (χ1v) is 9.35. The number of carbonyl (C=O) groups excluding carboxylic acids is 1. The van der Waals surface area contributed by atoms with Crippen LogP contribution in [0.1, 0.15) is 42.0 Å². The number of ether oxygens (including phenoxy) is 1. The van der Waals surface area contributed by atoms with Gasteiger partial charge >= 0.3 is 5.97 Å². The molecule has 1 atom stereocenters. The molecule has 0 aliphatic heterocycles. The molecule has 2 heterocycles. The Hall–Kier alpha value is -3.22. The number of amides is 1. The quantitative estimate of drug-likeness (QED) is 0.637. The largest absolute Gasteiger partial charge is 0.481 e. The molecule has 0 bridgehead atoms. The number of nitrogens with zero attached hydrogens (tertiary/aromatic N) is 1. The highest BCUT2D eigenvalue weighted by molar-refractivity contribution is 5.97. The van der Waals surface area contributed by atoms with Crippen molar-refractivity contribution in [2.75, 3.05) is 6.61 Å². The Balaban J connectivity index is 1.95. The van der Waals surface area contributed by atoms with Crippen LogP contribution in [0.3, 0.4) is 0 Å². The van der Waals surface area contributed by atoms with E-state index in [1.54, 1.807) is 18.6 Å². The highest BCUT2D eigenvalue weighted by Crippen LogP contribution is 2.42. The Kier molecular flexibility index (Phi) is 4.81. The monoisotopic (exact) mass is 382 g/mol. The van der Waals surface area contributed by atoms with Gasteiger partial charge in [-0.1, -0.05) is 12.5 Å². The summed E-state index contributed by atoms with van der Waals surface area (Å²) in [4.78, 5) is 23.3. The number of fused-ring (bicyclic) bond motifs is 3. The lowest BCUT2D eigenvalue weighted by atomic mass is 9.92. The van der Waals surface area contributed by atoms with Crippen LogP contribution in [-0.2, 0) is 22.6 Å². The summed E-state index contributed by atoms with van der Waals surface area (Å²) in [6.07, 6.45) is 6.71. The summed E-state index contributed by atoms with van der Waals surface area (Å²) < 4.78 is 13.0. The van der Waals surface area contributed by atoms with Crippen molar-refractivity contribution in [2.45, 2.75) is 38.1 Å². The molecule has 0 saturated carbocycles. The van der Waals surface area contributed by atoms with Crippen LogP contribution in [0.4, 0.5) is 0 Å². The van der Waals surface area contributed by atoms with E-state index in [1.165, 1.54) is 0 Å². The first-order valence-electron chi connectivity index (χ1n) is 9.35. The number of nitrogens with two attached hydrogens (primary N) is 1. The summed E-state index contributed by atoms with van der Waals surface area (Å²) in [5.74, 6) is -1.36. The van der Waals surface area contributed by atoms with E-state index >= 15 is 0 Å². The molecule has 0 spiro atoms. The van der Waals surface area contributed by atoms with Crippen molar-refractivity contribution in [3.8, 4) is 5.75 Å². The standard InChI is InChI=1S/C21H22N2O5/c22-21(26)14-4-1-2-5-15-19(14)20-16(23(15)10-13-8-9-27-11-13)6-3-7-17(20)28-12-18(24)25/h3,6-9,11,14H,1-2,4-5,10,12H2,(H2,22,26)(H,24,25). The second kappa shape index (κ2) is 7.42. The lowest BCUT2D eigenvalue weighted by molar-refractivity contribution is -0.139. The van der Waals surface area contributed by atoms with Gasteiger partial charge in [0.1, 0.15) is 5.75 Å². The van der Waals surface area contributed by atoms with E-state index in [1.807, 2.05) is 18.2 Å². The molecule has 1 unspecified atom stereocenters. The van der Waals surface area contributed by atoms with Crippen LogP contribution in [0.15, 0.2) is 41.2 Å². The molecule has 1 aliphatic carbocycles. The molecule has 0 saturated heterocycles. The van der Waals surface area contributed by atoms with E-state index in [0.29, 0.717) is 18.7 Å². The fourth-order valence-electron chi connectivity index (χ4n) is 4.17. The molecule has 7 nitrogen and oxygen atoms in total. The molecule has 3 aromatic rings. The molecule has 2 aromatic heterocycles. The molecule has 28 heavy (non-hydrogen) atoms. The molecule has 146 valence electrons. The molecule has 3 N–H and O–H groups in total. The second-order valence-corrected chi connectivity index (χ2v) is 7.11. The third kappa shape index (κ3) is 3.24. The number of hydrogen-bond acceptors (Lipinski definition) is 4. The van der Waals surface area contributed by atoms with Gasteiger partial charge in [0.15, 0.2) is 6.61 Å². The van der Waals surface area contributed by atoms with Crippen LogP contribution in [0.2, 0.25) is 0 Å². The minimum Gasteiger partial charge on any atom is -0.481 e. The number of aromatic nitrogens is 1. The molecule has 0 radical (unpaired) electrons. The van der Waals surface area contributed by atoms with E-state index in [9.17, 15) is 9.59 Å². The Bertz CT molecular complexity index is 1020. The van der Waals surface area contributed by atoms with Gasteiger partial charge in [0.25, 0.3) is 0 Å². The lowest BCUT2D eigenvalue weighted by Gasteiger charge is -2.14. The van der Waals surface area contributed by atoms with Gasteiger partial charge in [-0.2, -0.15) is 0 Å². The van der Waals surface area contributed by atoms with Crippen LogP contribution in [-0.4, -0.2) is 28.2 Å². The zero-order chi connectivity index (χ0) is 19.7. The van der Waals surface area contributed by atoms with E-state index in [2.05, 4.69) is 4.57 Å². The number of primary amides is 1. The molecule has 1 aliphatic rings. The molecule has 7 heteroatoms. The van der Waals surface area contributed by atoms with Gasteiger partial charge in [-0.25, -0.2) is 4.79 Å². The minimum atomic E-state index is -1.05. The minimum absolute atomic E-state index is 0.362. The highest BCUT2D eigenvalue weighted by Gasteiger charge is 2.31. The number of aliphatic carboxylic acids is 1. The van der Waals surface area contributed by atoms with E-state index in [0.717, 1.165) is 47.0 Å². The number of carboxylic acids is 1. The zero-order valence-corrected chi connectivity index (χ0v) is 15.4. The SMILES string of the molecule is NC(=O)C1CCCCc2c1c1c(OCC(=O)O)cccc1n2Cc1ccoc1. The number of benzene rings is 1. The van der Waals surface area contributed by atoms with Gasteiger partial charge in [0.2, 0.25) is 5.91 Å². The smallest absolute Gasteiger partial charge is 0.341 e.